The highest BCUT2D eigenvalue weighted by Gasteiger charge is 2.30. The normalized spacial score (nSPS) is 19.1. The van der Waals surface area contributed by atoms with Gasteiger partial charge in [0, 0.05) is 6.54 Å². The van der Waals surface area contributed by atoms with Crippen LogP contribution in [-0.2, 0) is 9.53 Å². The Morgan fingerprint density at radius 3 is 3.05 bits per heavy atom. The first-order valence-corrected chi connectivity index (χ1v) is 6.55. The summed E-state index contributed by atoms with van der Waals surface area (Å²) in [5.41, 5.74) is 0. The van der Waals surface area contributed by atoms with Crippen LogP contribution in [0.15, 0.2) is 12.4 Å². The third-order valence-electron chi connectivity index (χ3n) is 3.16. The van der Waals surface area contributed by atoms with Crippen molar-refractivity contribution in [2.45, 2.75) is 32.2 Å². The van der Waals surface area contributed by atoms with E-state index in [0.717, 1.165) is 25.8 Å². The Morgan fingerprint density at radius 2 is 2.32 bits per heavy atom. The smallest absolute Gasteiger partial charge is 0.328 e. The zero-order chi connectivity index (χ0) is 13.7. The van der Waals surface area contributed by atoms with E-state index in [4.69, 9.17) is 9.47 Å². The topological polar surface area (TPSA) is 64.5 Å². The molecular weight excluding hydrogens is 246 g/mol. The van der Waals surface area contributed by atoms with E-state index >= 15 is 0 Å². The summed E-state index contributed by atoms with van der Waals surface area (Å²) in [7, 11) is 1.41. The number of carbonyl (C=O) groups excluding carboxylic acids is 1. The van der Waals surface area contributed by atoms with E-state index in [0.29, 0.717) is 18.3 Å². The fourth-order valence-electron chi connectivity index (χ4n) is 2.28. The van der Waals surface area contributed by atoms with Crippen LogP contribution >= 0.6 is 0 Å². The molecule has 0 N–H and O–H groups in total. The average molecular weight is 265 g/mol. The number of nitrogens with zero attached hydrogens (tertiary/aromatic N) is 3. The van der Waals surface area contributed by atoms with Crippen molar-refractivity contribution in [2.24, 2.45) is 0 Å². The lowest BCUT2D eigenvalue weighted by atomic mass is 10.0. The third kappa shape index (κ3) is 3.13. The molecule has 2 heterocycles. The van der Waals surface area contributed by atoms with Crippen LogP contribution in [0.2, 0.25) is 0 Å². The molecule has 0 aliphatic carbocycles. The third-order valence-corrected chi connectivity index (χ3v) is 3.16. The van der Waals surface area contributed by atoms with E-state index in [2.05, 4.69) is 9.97 Å². The molecule has 1 saturated heterocycles. The zero-order valence-corrected chi connectivity index (χ0v) is 11.3. The van der Waals surface area contributed by atoms with Gasteiger partial charge in [0.2, 0.25) is 5.88 Å². The van der Waals surface area contributed by atoms with Crippen LogP contribution in [0.1, 0.15) is 26.2 Å². The molecule has 1 aromatic rings. The molecule has 6 nitrogen and oxygen atoms in total. The van der Waals surface area contributed by atoms with E-state index in [9.17, 15) is 4.79 Å². The molecule has 19 heavy (non-hydrogen) atoms. The van der Waals surface area contributed by atoms with Gasteiger partial charge in [-0.15, -0.1) is 0 Å². The van der Waals surface area contributed by atoms with Crippen LogP contribution in [0.4, 0.5) is 5.82 Å². The molecular formula is C13H19N3O3. The molecule has 1 atom stereocenters. The number of hydrogen-bond acceptors (Lipinski definition) is 6. The lowest BCUT2D eigenvalue weighted by Crippen LogP contribution is -2.45. The molecule has 0 amide bonds. The molecule has 1 unspecified atom stereocenters. The number of rotatable bonds is 4. The van der Waals surface area contributed by atoms with Gasteiger partial charge in [-0.1, -0.05) is 0 Å². The standard InChI is InChI=1S/C13H19N3O3/c1-3-19-12-9-14-8-11(15-12)16-7-5-4-6-10(16)13(17)18-2/h8-10H,3-7H2,1-2H3. The van der Waals surface area contributed by atoms with E-state index in [1.165, 1.54) is 7.11 Å². The number of piperidine rings is 1. The summed E-state index contributed by atoms with van der Waals surface area (Å²) in [4.78, 5) is 22.3. The summed E-state index contributed by atoms with van der Waals surface area (Å²) in [6, 6.07) is -0.273. The molecule has 1 aromatic heterocycles. The Labute approximate surface area is 112 Å². The molecule has 0 saturated carbocycles. The molecule has 6 heteroatoms. The van der Waals surface area contributed by atoms with Gasteiger partial charge < -0.3 is 14.4 Å². The minimum atomic E-state index is -0.273. The fourth-order valence-corrected chi connectivity index (χ4v) is 2.28. The molecule has 104 valence electrons. The van der Waals surface area contributed by atoms with Gasteiger partial charge in [-0.05, 0) is 26.2 Å². The number of ether oxygens (including phenoxy) is 2. The minimum absolute atomic E-state index is 0.219. The lowest BCUT2D eigenvalue weighted by Gasteiger charge is -2.34. The predicted octanol–water partition coefficient (Wildman–Crippen LogP) is 1.41. The predicted molar refractivity (Wildman–Crippen MR) is 70.2 cm³/mol. The monoisotopic (exact) mass is 265 g/mol. The first-order chi connectivity index (χ1) is 9.26. The average Bonchev–Trinajstić information content (AvgIpc) is 2.47. The van der Waals surface area contributed by atoms with Crippen molar-refractivity contribution in [1.29, 1.82) is 0 Å². The van der Waals surface area contributed by atoms with Gasteiger partial charge in [0.25, 0.3) is 0 Å². The second-order valence-corrected chi connectivity index (χ2v) is 4.38. The van der Waals surface area contributed by atoms with E-state index < -0.39 is 0 Å². The molecule has 0 spiro atoms. The van der Waals surface area contributed by atoms with Gasteiger partial charge >= 0.3 is 5.97 Å². The maximum Gasteiger partial charge on any atom is 0.328 e. The molecule has 0 radical (unpaired) electrons. The van der Waals surface area contributed by atoms with Crippen molar-refractivity contribution in [3.63, 3.8) is 0 Å². The molecule has 2 rings (SSSR count). The van der Waals surface area contributed by atoms with Crippen LogP contribution in [0.3, 0.4) is 0 Å². The van der Waals surface area contributed by atoms with E-state index in [1.54, 1.807) is 12.4 Å². The summed E-state index contributed by atoms with van der Waals surface area (Å²) in [5.74, 6) is 0.929. The van der Waals surface area contributed by atoms with Crippen molar-refractivity contribution in [3.8, 4) is 5.88 Å². The summed E-state index contributed by atoms with van der Waals surface area (Å²) < 4.78 is 10.2. The maximum atomic E-state index is 11.8. The minimum Gasteiger partial charge on any atom is -0.477 e. The summed E-state index contributed by atoms with van der Waals surface area (Å²) in [6.45, 7) is 3.22. The first-order valence-electron chi connectivity index (χ1n) is 6.55. The highest BCUT2D eigenvalue weighted by atomic mass is 16.5. The second kappa shape index (κ2) is 6.36. The number of methoxy groups -OCH3 is 1. The van der Waals surface area contributed by atoms with Crippen LogP contribution in [0.25, 0.3) is 0 Å². The van der Waals surface area contributed by atoms with Crippen LogP contribution < -0.4 is 9.64 Å². The first kappa shape index (κ1) is 13.6. The van der Waals surface area contributed by atoms with Gasteiger partial charge in [-0.2, -0.15) is 4.98 Å². The number of aromatic nitrogens is 2. The van der Waals surface area contributed by atoms with Crippen molar-refractivity contribution < 1.29 is 14.3 Å². The van der Waals surface area contributed by atoms with Crippen molar-refractivity contribution in [1.82, 2.24) is 9.97 Å². The second-order valence-electron chi connectivity index (χ2n) is 4.38. The molecule has 1 aliphatic heterocycles. The molecule has 1 aliphatic rings. The van der Waals surface area contributed by atoms with Crippen molar-refractivity contribution in [2.75, 3.05) is 25.2 Å². The zero-order valence-electron chi connectivity index (χ0n) is 11.3. The largest absolute Gasteiger partial charge is 0.477 e. The van der Waals surface area contributed by atoms with Gasteiger partial charge in [0.15, 0.2) is 5.82 Å². The van der Waals surface area contributed by atoms with Crippen LogP contribution in [-0.4, -0.2) is 42.2 Å². The van der Waals surface area contributed by atoms with Gasteiger partial charge in [0.1, 0.15) is 6.04 Å². The number of carbonyl (C=O) groups is 1. The van der Waals surface area contributed by atoms with Gasteiger partial charge in [-0.25, -0.2) is 4.79 Å². The SMILES string of the molecule is CCOc1cncc(N2CCCCC2C(=O)OC)n1. The Morgan fingerprint density at radius 1 is 1.47 bits per heavy atom. The van der Waals surface area contributed by atoms with Gasteiger partial charge in [0.05, 0.1) is 26.1 Å². The van der Waals surface area contributed by atoms with E-state index in [-0.39, 0.29) is 12.0 Å². The van der Waals surface area contributed by atoms with Crippen molar-refractivity contribution in [3.05, 3.63) is 12.4 Å². The maximum absolute atomic E-state index is 11.8. The highest BCUT2D eigenvalue weighted by Crippen LogP contribution is 2.24. The quantitative estimate of drug-likeness (QED) is 0.767. The number of esters is 1. The molecule has 0 aromatic carbocycles. The fraction of sp³-hybridized carbons (Fsp3) is 0.615. The molecule has 1 fully saturated rings. The Kier molecular flexibility index (Phi) is 4.54. The Bertz CT molecular complexity index is 439. The summed E-state index contributed by atoms with van der Waals surface area (Å²) >= 11 is 0. The van der Waals surface area contributed by atoms with Crippen LogP contribution in [0, 0.1) is 0 Å². The number of hydrogen-bond donors (Lipinski definition) is 0. The van der Waals surface area contributed by atoms with Crippen LogP contribution in [0.5, 0.6) is 5.88 Å². The lowest BCUT2D eigenvalue weighted by molar-refractivity contribution is -0.142. The van der Waals surface area contributed by atoms with Gasteiger partial charge in [-0.3, -0.25) is 4.98 Å². The Hall–Kier alpha value is -1.85. The summed E-state index contributed by atoms with van der Waals surface area (Å²) in [6.07, 6.45) is 6.07. The van der Waals surface area contributed by atoms with E-state index in [1.807, 2.05) is 11.8 Å². The summed E-state index contributed by atoms with van der Waals surface area (Å²) in [5, 5.41) is 0. The highest BCUT2D eigenvalue weighted by molar-refractivity contribution is 5.79. The Balaban J connectivity index is 2.21. The van der Waals surface area contributed by atoms with Crippen molar-refractivity contribution >= 4 is 11.8 Å². The molecule has 0 bridgehead atoms. The number of anilines is 1.